The van der Waals surface area contributed by atoms with E-state index in [1.54, 1.807) is 39.0 Å². The van der Waals surface area contributed by atoms with E-state index in [1.165, 1.54) is 6.07 Å². The molecule has 2 aromatic carbocycles. The molecule has 0 saturated heterocycles. The van der Waals surface area contributed by atoms with Gasteiger partial charge in [0.05, 0.1) is 1.37 Å². The number of pyridine rings is 1. The quantitative estimate of drug-likeness (QED) is 0.559. The van der Waals surface area contributed by atoms with E-state index in [0.717, 1.165) is 12.3 Å². The predicted molar refractivity (Wildman–Crippen MR) is 118 cm³/mol. The maximum atomic E-state index is 13.3. The number of hydrogen-bond acceptors (Lipinski definition) is 3. The molecule has 0 aliphatic heterocycles. The first-order chi connectivity index (χ1) is 17.6. The second kappa shape index (κ2) is 7.07. The van der Waals surface area contributed by atoms with Gasteiger partial charge in [0.2, 0.25) is 5.43 Å². The molecule has 3 N–H and O–H groups in total. The third-order valence-corrected chi connectivity index (χ3v) is 4.54. The molecule has 0 atom stereocenters. The Bertz CT molecular complexity index is 1460. The van der Waals surface area contributed by atoms with Crippen molar-refractivity contribution in [3.05, 3.63) is 69.5 Å². The van der Waals surface area contributed by atoms with Crippen molar-refractivity contribution < 1.29 is 23.6 Å². The Morgan fingerprint density at radius 2 is 1.83 bits per heavy atom. The summed E-state index contributed by atoms with van der Waals surface area (Å²) < 4.78 is 81.7. The molecule has 5 nitrogen and oxygen atoms in total. The molecule has 0 aliphatic carbocycles. The van der Waals surface area contributed by atoms with Crippen LogP contribution >= 0.6 is 0 Å². The van der Waals surface area contributed by atoms with Crippen molar-refractivity contribution in [1.82, 2.24) is 4.98 Å². The maximum absolute atomic E-state index is 13.3. The lowest BCUT2D eigenvalue weighted by molar-refractivity contribution is 0.102. The van der Waals surface area contributed by atoms with E-state index in [9.17, 15) is 14.7 Å². The fourth-order valence-electron chi connectivity index (χ4n) is 3.02. The number of rotatable bonds is 2. The summed E-state index contributed by atoms with van der Waals surface area (Å²) in [5, 5.41) is 13.2. The number of hydrogen-bond donors (Lipinski definition) is 3. The lowest BCUT2D eigenvalue weighted by Gasteiger charge is -2.28. The van der Waals surface area contributed by atoms with E-state index in [-0.39, 0.29) is 10.9 Å². The van der Waals surface area contributed by atoms with Crippen LogP contribution in [0.5, 0.6) is 5.75 Å². The highest BCUT2D eigenvalue weighted by Crippen LogP contribution is 2.39. The number of benzene rings is 2. The Hall–Kier alpha value is -3.08. The van der Waals surface area contributed by atoms with E-state index in [0.29, 0.717) is 5.52 Å². The van der Waals surface area contributed by atoms with E-state index in [1.807, 2.05) is 0 Å². The first kappa shape index (κ1) is 11.2. The Morgan fingerprint density at radius 1 is 1.14 bits per heavy atom. The van der Waals surface area contributed by atoms with E-state index >= 15 is 0 Å². The fraction of sp³-hybridized carbons (Fsp3) is 0.333. The van der Waals surface area contributed by atoms with Crippen molar-refractivity contribution in [2.75, 3.05) is 5.32 Å². The first-order valence-corrected chi connectivity index (χ1v) is 8.86. The van der Waals surface area contributed by atoms with Crippen LogP contribution in [-0.4, -0.2) is 16.0 Å². The van der Waals surface area contributed by atoms with Crippen LogP contribution in [-0.2, 0) is 10.8 Å². The van der Waals surface area contributed by atoms with Gasteiger partial charge in [0.25, 0.3) is 5.91 Å². The van der Waals surface area contributed by atoms with Gasteiger partial charge in [0.15, 0.2) is 0 Å². The third kappa shape index (κ3) is 4.04. The van der Waals surface area contributed by atoms with Crippen LogP contribution in [0.1, 0.15) is 76.5 Å². The smallest absolute Gasteiger partial charge is 0.261 e. The van der Waals surface area contributed by atoms with E-state index in [4.69, 9.17) is 13.7 Å². The van der Waals surface area contributed by atoms with Gasteiger partial charge in [-0.2, -0.15) is 0 Å². The molecule has 0 spiro atoms. The molecule has 3 aromatic rings. The summed E-state index contributed by atoms with van der Waals surface area (Å²) in [6.45, 7) is -6.37. The largest absolute Gasteiger partial charge is 0.508 e. The van der Waals surface area contributed by atoms with Crippen LogP contribution in [0.25, 0.3) is 10.9 Å². The van der Waals surface area contributed by atoms with Gasteiger partial charge in [-0.15, -0.1) is 0 Å². The number of phenols is 1. The maximum Gasteiger partial charge on any atom is 0.261 e. The molecular formula is C24H28N2O3. The topological polar surface area (TPSA) is 82.2 Å². The molecule has 5 heteroatoms. The average molecular weight is 403 g/mol. The number of nitrogens with one attached hydrogen (secondary N) is 2. The Labute approximate surface area is 184 Å². The molecule has 0 bridgehead atoms. The molecule has 1 aromatic heterocycles. The summed E-state index contributed by atoms with van der Waals surface area (Å²) in [6, 6.07) is 6.29. The monoisotopic (exact) mass is 402 g/mol. The lowest BCUT2D eigenvalue weighted by atomic mass is 9.79. The number of fused-ring (bicyclic) bond motifs is 1. The number of para-hydroxylation sites is 1. The van der Waals surface area contributed by atoms with Crippen molar-refractivity contribution in [1.29, 1.82) is 0 Å². The number of aromatic nitrogens is 1. The van der Waals surface area contributed by atoms with Crippen molar-refractivity contribution in [2.45, 2.75) is 52.2 Å². The van der Waals surface area contributed by atoms with Gasteiger partial charge >= 0.3 is 0 Å². The minimum atomic E-state index is -3.71. The van der Waals surface area contributed by atoms with Crippen LogP contribution in [0.15, 0.2) is 47.4 Å². The standard InChI is InChI=1S/C24H28N2O3/c1-23(2,3)16-11-17(24(4,5)6)20(27)12-19(16)26-22(29)15-13-25-18-10-8-7-9-14(18)21(15)28/h7-13,27H,1-6H3,(H,25,28)(H,26,29)/i1D3,2D3,3D3,12D. The molecule has 1 heterocycles. The zero-order valence-corrected chi connectivity index (χ0v) is 16.2. The summed E-state index contributed by atoms with van der Waals surface area (Å²) in [4.78, 5) is 29.1. The predicted octanol–water partition coefficient (Wildman–Crippen LogP) is 5.08. The van der Waals surface area contributed by atoms with Crippen LogP contribution in [0.4, 0.5) is 5.69 Å². The molecule has 3 rings (SSSR count). The summed E-state index contributed by atoms with van der Waals surface area (Å²) in [7, 11) is 0. The second-order valence-corrected chi connectivity index (χ2v) is 7.85. The van der Waals surface area contributed by atoms with Crippen LogP contribution in [0.3, 0.4) is 0 Å². The molecule has 0 unspecified atom stereocenters. The minimum absolute atomic E-state index is 0.105. The summed E-state index contributed by atoms with van der Waals surface area (Å²) in [6.07, 6.45) is 1.08. The highest BCUT2D eigenvalue weighted by atomic mass is 16.3. The van der Waals surface area contributed by atoms with Gasteiger partial charge in [0.1, 0.15) is 11.3 Å². The number of amides is 1. The summed E-state index contributed by atoms with van der Waals surface area (Å²) in [5.41, 5.74) is -7.22. The molecule has 0 fully saturated rings. The number of anilines is 1. The first-order valence-electron chi connectivity index (χ1n) is 13.9. The number of phenolic OH excluding ortho intramolecular Hbond substituents is 1. The lowest BCUT2D eigenvalue weighted by Crippen LogP contribution is -2.25. The van der Waals surface area contributed by atoms with Gasteiger partial charge in [-0.25, -0.2) is 0 Å². The summed E-state index contributed by atoms with van der Waals surface area (Å²) >= 11 is 0. The molecular weight excluding hydrogens is 364 g/mol. The number of carbonyl (C=O) groups excluding carboxylic acids is 1. The van der Waals surface area contributed by atoms with Crippen LogP contribution < -0.4 is 10.7 Å². The SMILES string of the molecule is [2H]c1c(O)c(C(C)(C)C)cc(C(C([2H])([2H])[2H])(C([2H])([2H])[2H])C([2H])([2H])[2H])c1NC(=O)c1c[nH]c2ccccc2c1=O. The highest BCUT2D eigenvalue weighted by Gasteiger charge is 2.26. The number of aromatic amines is 1. The number of H-pyrrole nitrogens is 1. The highest BCUT2D eigenvalue weighted by molar-refractivity contribution is 6.06. The molecule has 29 heavy (non-hydrogen) atoms. The minimum Gasteiger partial charge on any atom is -0.508 e. The second-order valence-electron chi connectivity index (χ2n) is 7.85. The number of carbonyl (C=O) groups is 1. The van der Waals surface area contributed by atoms with Crippen LogP contribution in [0, 0.1) is 0 Å². The number of aromatic hydroxyl groups is 1. The zero-order valence-electron chi connectivity index (χ0n) is 26.2. The van der Waals surface area contributed by atoms with Gasteiger partial charge in [-0.05, 0) is 40.2 Å². The normalized spacial score (nSPS) is 18.6. The Morgan fingerprint density at radius 3 is 2.48 bits per heavy atom. The van der Waals surface area contributed by atoms with Gasteiger partial charge in [0, 0.05) is 41.2 Å². The van der Waals surface area contributed by atoms with E-state index < -0.39 is 71.3 Å². The van der Waals surface area contributed by atoms with Crippen molar-refractivity contribution in [3.8, 4) is 5.75 Å². The van der Waals surface area contributed by atoms with Gasteiger partial charge < -0.3 is 15.4 Å². The van der Waals surface area contributed by atoms with Crippen molar-refractivity contribution >= 4 is 22.5 Å². The van der Waals surface area contributed by atoms with E-state index in [2.05, 4.69) is 10.3 Å². The molecule has 1 amide bonds. The fourth-order valence-corrected chi connectivity index (χ4v) is 3.02. The van der Waals surface area contributed by atoms with Crippen molar-refractivity contribution in [3.63, 3.8) is 0 Å². The summed E-state index contributed by atoms with van der Waals surface area (Å²) in [5.74, 6) is -1.89. The Kier molecular flexibility index (Phi) is 2.73. The third-order valence-electron chi connectivity index (χ3n) is 4.54. The molecule has 0 aliphatic rings. The molecule has 0 radical (unpaired) electrons. The van der Waals surface area contributed by atoms with Gasteiger partial charge in [-0.3, -0.25) is 9.59 Å². The Balaban J connectivity index is 2.45. The van der Waals surface area contributed by atoms with Gasteiger partial charge in [-0.1, -0.05) is 53.5 Å². The van der Waals surface area contributed by atoms with Crippen molar-refractivity contribution in [2.24, 2.45) is 0 Å². The molecule has 0 saturated carbocycles. The van der Waals surface area contributed by atoms with Crippen LogP contribution in [0.2, 0.25) is 0 Å². The zero-order chi connectivity index (χ0) is 29.9. The average Bonchev–Trinajstić information content (AvgIpc) is 2.75. The molecule has 152 valence electrons.